The van der Waals surface area contributed by atoms with E-state index < -0.39 is 0 Å². The number of ether oxygens (including phenoxy) is 2. The van der Waals surface area contributed by atoms with Gasteiger partial charge in [-0.15, -0.1) is 0 Å². The number of anilines is 3. The van der Waals surface area contributed by atoms with E-state index in [4.69, 9.17) is 15.2 Å². The van der Waals surface area contributed by atoms with Crippen molar-refractivity contribution in [3.05, 3.63) is 72.1 Å². The van der Waals surface area contributed by atoms with E-state index in [2.05, 4.69) is 20.5 Å². The Morgan fingerprint density at radius 1 is 0.947 bits per heavy atom. The number of nitrogens with one attached hydrogen (secondary N) is 2. The number of unbranched alkanes of at least 4 members (excludes halogenated alkanes) is 1. The number of benzene rings is 2. The molecule has 0 atom stereocenters. The fraction of sp³-hybridized carbons (Fsp3) is 0.321. The van der Waals surface area contributed by atoms with Gasteiger partial charge in [0, 0.05) is 31.0 Å². The molecule has 10 nitrogen and oxygen atoms in total. The number of aromatic nitrogens is 1. The third kappa shape index (κ3) is 7.36. The highest BCUT2D eigenvalue weighted by atomic mass is 16.6. The zero-order valence-corrected chi connectivity index (χ0v) is 21.8. The van der Waals surface area contributed by atoms with Crippen LogP contribution in [0.1, 0.15) is 28.9 Å². The van der Waals surface area contributed by atoms with Crippen LogP contribution in [0.5, 0.6) is 11.5 Å². The summed E-state index contributed by atoms with van der Waals surface area (Å²) in [6.07, 6.45) is 3.42. The zero-order valence-electron chi connectivity index (χ0n) is 21.8. The van der Waals surface area contributed by atoms with Crippen LogP contribution < -0.4 is 25.8 Å². The Morgan fingerprint density at radius 2 is 1.71 bits per heavy atom. The summed E-state index contributed by atoms with van der Waals surface area (Å²) in [6, 6.07) is 15.6. The Hall–Kier alpha value is -4.31. The Balaban J connectivity index is 1.41. The van der Waals surface area contributed by atoms with Gasteiger partial charge in [-0.1, -0.05) is 18.2 Å². The number of carbonyl (C=O) groups excluding carboxylic acids is 2. The molecule has 3 amide bonds. The molecule has 10 heteroatoms. The van der Waals surface area contributed by atoms with Crippen LogP contribution in [0.25, 0.3) is 0 Å². The van der Waals surface area contributed by atoms with Crippen LogP contribution in [0.4, 0.5) is 21.9 Å². The first-order valence-electron chi connectivity index (χ1n) is 12.6. The third-order valence-corrected chi connectivity index (χ3v) is 6.00. The molecule has 1 aliphatic heterocycles. The molecule has 0 aliphatic carbocycles. The average molecular weight is 519 g/mol. The Kier molecular flexibility index (Phi) is 8.99. The number of urea groups is 1. The van der Waals surface area contributed by atoms with Gasteiger partial charge in [0.25, 0.3) is 5.91 Å². The van der Waals surface area contributed by atoms with Crippen molar-refractivity contribution in [1.29, 1.82) is 0 Å². The smallest absolute Gasteiger partial charge is 0.322 e. The van der Waals surface area contributed by atoms with Crippen LogP contribution in [-0.2, 0) is 6.54 Å². The lowest BCUT2D eigenvalue weighted by molar-refractivity contribution is 0.102. The summed E-state index contributed by atoms with van der Waals surface area (Å²) >= 11 is 0. The van der Waals surface area contributed by atoms with E-state index in [1.54, 1.807) is 65.7 Å². The minimum absolute atomic E-state index is 0.229. The summed E-state index contributed by atoms with van der Waals surface area (Å²) in [5, 5.41) is 5.74. The minimum Gasteiger partial charge on any atom is -0.486 e. The lowest BCUT2D eigenvalue weighted by Gasteiger charge is -2.24. The molecule has 200 valence electrons. The van der Waals surface area contributed by atoms with Gasteiger partial charge in [-0.3, -0.25) is 9.78 Å². The predicted octanol–water partition coefficient (Wildman–Crippen LogP) is 4.06. The van der Waals surface area contributed by atoms with Crippen LogP contribution in [-0.4, -0.2) is 67.1 Å². The number of nitrogens with two attached hydrogens (primary N) is 1. The van der Waals surface area contributed by atoms with E-state index in [1.807, 2.05) is 14.1 Å². The predicted molar refractivity (Wildman–Crippen MR) is 148 cm³/mol. The highest BCUT2D eigenvalue weighted by molar-refractivity contribution is 6.04. The molecule has 1 aliphatic rings. The molecule has 0 radical (unpaired) electrons. The van der Waals surface area contributed by atoms with Crippen molar-refractivity contribution in [3.8, 4) is 11.5 Å². The van der Waals surface area contributed by atoms with Gasteiger partial charge in [-0.25, -0.2) is 4.79 Å². The number of nitrogens with zero attached hydrogens (tertiary/aromatic N) is 3. The van der Waals surface area contributed by atoms with Crippen LogP contribution in [0.2, 0.25) is 0 Å². The molecule has 3 aromatic rings. The molecule has 2 aromatic carbocycles. The Bertz CT molecular complexity index is 1250. The maximum Gasteiger partial charge on any atom is 0.322 e. The van der Waals surface area contributed by atoms with Crippen LogP contribution in [0.3, 0.4) is 0 Å². The molecule has 0 saturated carbocycles. The minimum atomic E-state index is -0.355. The first kappa shape index (κ1) is 26.7. The first-order chi connectivity index (χ1) is 18.4. The SMILES string of the molecule is CN(C)CCCCN(Cc1ccc(C(=O)Nc2ccccc2N)nc1)C(=O)Nc1ccc2c(c1)OCCO2. The number of hydrogen-bond donors (Lipinski definition) is 3. The molecule has 0 bridgehead atoms. The topological polar surface area (TPSA) is 122 Å². The highest BCUT2D eigenvalue weighted by Gasteiger charge is 2.18. The Morgan fingerprint density at radius 3 is 2.45 bits per heavy atom. The molecule has 4 rings (SSSR count). The normalized spacial score (nSPS) is 12.2. The van der Waals surface area contributed by atoms with Crippen molar-refractivity contribution >= 4 is 29.0 Å². The zero-order chi connectivity index (χ0) is 26.9. The van der Waals surface area contributed by atoms with Crippen molar-refractivity contribution in [1.82, 2.24) is 14.8 Å². The molecule has 38 heavy (non-hydrogen) atoms. The summed E-state index contributed by atoms with van der Waals surface area (Å²) in [5.41, 5.74) is 8.62. The maximum atomic E-state index is 13.3. The number of nitrogen functional groups attached to an aromatic ring is 1. The number of pyridine rings is 1. The third-order valence-electron chi connectivity index (χ3n) is 6.00. The molecule has 0 fully saturated rings. The van der Waals surface area contributed by atoms with E-state index in [-0.39, 0.29) is 17.6 Å². The average Bonchev–Trinajstić information content (AvgIpc) is 2.91. The molecule has 0 unspecified atom stereocenters. The molecule has 1 aromatic heterocycles. The molecule has 0 spiro atoms. The van der Waals surface area contributed by atoms with E-state index in [1.165, 1.54) is 0 Å². The van der Waals surface area contributed by atoms with Gasteiger partial charge in [0.1, 0.15) is 18.9 Å². The van der Waals surface area contributed by atoms with E-state index in [0.717, 1.165) is 24.9 Å². The number of hydrogen-bond acceptors (Lipinski definition) is 7. The van der Waals surface area contributed by atoms with Gasteiger partial charge < -0.3 is 35.6 Å². The largest absolute Gasteiger partial charge is 0.486 e. The second kappa shape index (κ2) is 12.8. The molecule has 4 N–H and O–H groups in total. The fourth-order valence-corrected chi connectivity index (χ4v) is 3.98. The summed E-state index contributed by atoms with van der Waals surface area (Å²) in [4.78, 5) is 34.1. The van der Waals surface area contributed by atoms with Crippen molar-refractivity contribution in [2.75, 3.05) is 56.8 Å². The first-order valence-corrected chi connectivity index (χ1v) is 12.6. The van der Waals surface area contributed by atoms with Crippen molar-refractivity contribution in [2.45, 2.75) is 19.4 Å². The summed E-state index contributed by atoms with van der Waals surface area (Å²) in [5.74, 6) is 0.924. The number of amides is 3. The van der Waals surface area contributed by atoms with Crippen LogP contribution >= 0.6 is 0 Å². The molecule has 0 saturated heterocycles. The molecular weight excluding hydrogens is 484 g/mol. The molecule has 2 heterocycles. The number of carbonyl (C=O) groups is 2. The van der Waals surface area contributed by atoms with Gasteiger partial charge in [-0.05, 0) is 69.4 Å². The lowest BCUT2D eigenvalue weighted by Crippen LogP contribution is -2.35. The van der Waals surface area contributed by atoms with Crippen molar-refractivity contribution in [2.24, 2.45) is 0 Å². The van der Waals surface area contributed by atoms with E-state index >= 15 is 0 Å². The van der Waals surface area contributed by atoms with E-state index in [0.29, 0.717) is 54.9 Å². The summed E-state index contributed by atoms with van der Waals surface area (Å²) in [6.45, 7) is 2.84. The van der Waals surface area contributed by atoms with Crippen molar-refractivity contribution < 1.29 is 19.1 Å². The number of fused-ring (bicyclic) bond motifs is 1. The maximum absolute atomic E-state index is 13.3. The van der Waals surface area contributed by atoms with Gasteiger partial charge in [0.05, 0.1) is 11.4 Å². The highest BCUT2D eigenvalue weighted by Crippen LogP contribution is 2.32. The second-order valence-electron chi connectivity index (χ2n) is 9.31. The second-order valence-corrected chi connectivity index (χ2v) is 9.31. The van der Waals surface area contributed by atoms with Gasteiger partial charge in [-0.2, -0.15) is 0 Å². The van der Waals surface area contributed by atoms with Gasteiger partial charge in [0.2, 0.25) is 0 Å². The summed E-state index contributed by atoms with van der Waals surface area (Å²) < 4.78 is 11.2. The Labute approximate surface area is 222 Å². The lowest BCUT2D eigenvalue weighted by atomic mass is 10.2. The quantitative estimate of drug-likeness (QED) is 0.273. The van der Waals surface area contributed by atoms with Crippen LogP contribution in [0.15, 0.2) is 60.8 Å². The number of para-hydroxylation sites is 2. The van der Waals surface area contributed by atoms with E-state index in [9.17, 15) is 9.59 Å². The van der Waals surface area contributed by atoms with Crippen LogP contribution in [0, 0.1) is 0 Å². The number of rotatable bonds is 10. The fourth-order valence-electron chi connectivity index (χ4n) is 3.98. The van der Waals surface area contributed by atoms with Gasteiger partial charge in [0.15, 0.2) is 11.5 Å². The summed E-state index contributed by atoms with van der Waals surface area (Å²) in [7, 11) is 4.06. The monoisotopic (exact) mass is 518 g/mol. The van der Waals surface area contributed by atoms with Gasteiger partial charge >= 0.3 is 6.03 Å². The standard InChI is InChI=1S/C28H34N6O4/c1-33(2)13-5-6-14-34(28(36)31-21-10-12-25-26(17-21)38-16-15-37-25)19-20-9-11-24(30-18-20)27(35)32-23-8-4-3-7-22(23)29/h3-4,7-12,17-18H,5-6,13-16,19,29H2,1-2H3,(H,31,36)(H,32,35). The van der Waals surface area contributed by atoms with Crippen molar-refractivity contribution in [3.63, 3.8) is 0 Å². The molecular formula is C28H34N6O4.